The van der Waals surface area contributed by atoms with Crippen LogP contribution in [0.25, 0.3) is 11.6 Å². The van der Waals surface area contributed by atoms with Crippen LogP contribution in [-0.4, -0.2) is 23.8 Å². The highest BCUT2D eigenvalue weighted by Gasteiger charge is 2.29. The van der Waals surface area contributed by atoms with Crippen LogP contribution in [0.1, 0.15) is 71.8 Å². The lowest BCUT2D eigenvalue weighted by Crippen LogP contribution is -2.33. The number of allylic oxidation sites excluding steroid dienone is 5. The maximum Gasteiger partial charge on any atom is 0.0649 e. The van der Waals surface area contributed by atoms with Gasteiger partial charge < -0.3 is 0 Å². The van der Waals surface area contributed by atoms with Crippen LogP contribution in [0.15, 0.2) is 58.2 Å². The minimum absolute atomic E-state index is 0.367. The van der Waals surface area contributed by atoms with Gasteiger partial charge in [0.25, 0.3) is 0 Å². The van der Waals surface area contributed by atoms with Crippen LogP contribution in [0, 0.1) is 17.3 Å². The van der Waals surface area contributed by atoms with Gasteiger partial charge in [0.1, 0.15) is 0 Å². The Hall–Kier alpha value is -1.87. The third kappa shape index (κ3) is 6.18. The second-order valence-electron chi connectivity index (χ2n) is 10.8. The topological polar surface area (TPSA) is 24.7 Å². The first-order valence-electron chi connectivity index (χ1n) is 12.7. The second-order valence-corrected chi connectivity index (χ2v) is 12.0. The number of thioether (sulfide) groups is 1. The normalized spacial score (nSPS) is 28.2. The van der Waals surface area contributed by atoms with Gasteiger partial charge in [-0.1, -0.05) is 57.7 Å². The van der Waals surface area contributed by atoms with E-state index in [1.54, 1.807) is 0 Å². The van der Waals surface area contributed by atoms with Crippen LogP contribution in [0.3, 0.4) is 0 Å². The molecule has 1 fully saturated rings. The zero-order valence-corrected chi connectivity index (χ0v) is 21.8. The molecule has 0 amide bonds. The van der Waals surface area contributed by atoms with Gasteiger partial charge in [-0.25, -0.2) is 0 Å². The monoisotopic (exact) mass is 460 g/mol. The van der Waals surface area contributed by atoms with Gasteiger partial charge in [0, 0.05) is 29.6 Å². The number of fused-ring (bicyclic) bond motifs is 1. The van der Waals surface area contributed by atoms with E-state index in [1.807, 2.05) is 0 Å². The maximum absolute atomic E-state index is 5.39. The molecule has 2 unspecified atom stereocenters. The van der Waals surface area contributed by atoms with Crippen molar-refractivity contribution in [2.45, 2.75) is 66.2 Å². The molecule has 2 atom stereocenters. The minimum atomic E-state index is 0.367. The van der Waals surface area contributed by atoms with Crippen LogP contribution >= 0.6 is 11.8 Å². The van der Waals surface area contributed by atoms with E-state index in [4.69, 9.17) is 9.98 Å². The van der Waals surface area contributed by atoms with Gasteiger partial charge >= 0.3 is 0 Å². The molecule has 3 aliphatic rings. The van der Waals surface area contributed by atoms with E-state index < -0.39 is 0 Å². The Kier molecular flexibility index (Phi) is 7.79. The van der Waals surface area contributed by atoms with Crippen molar-refractivity contribution in [3.8, 4) is 0 Å². The fourth-order valence-electron chi connectivity index (χ4n) is 5.08. The number of rotatable bonds is 5. The van der Waals surface area contributed by atoms with Crippen LogP contribution in [0.2, 0.25) is 0 Å². The molecule has 0 saturated carbocycles. The number of hydrogen-bond donors (Lipinski definition) is 0. The fourth-order valence-corrected chi connectivity index (χ4v) is 6.56. The van der Waals surface area contributed by atoms with Crippen LogP contribution < -0.4 is 10.6 Å². The molecule has 3 aliphatic heterocycles. The van der Waals surface area contributed by atoms with E-state index >= 15 is 0 Å². The average molecular weight is 461 g/mol. The zero-order chi connectivity index (χ0) is 23.4. The van der Waals surface area contributed by atoms with Gasteiger partial charge in [0.05, 0.1) is 5.36 Å². The highest BCUT2D eigenvalue weighted by atomic mass is 32.2. The van der Waals surface area contributed by atoms with Crippen molar-refractivity contribution in [3.63, 3.8) is 0 Å². The van der Waals surface area contributed by atoms with Crippen molar-refractivity contribution in [2.75, 3.05) is 18.1 Å². The lowest BCUT2D eigenvalue weighted by atomic mass is 9.79. The maximum atomic E-state index is 5.39. The summed E-state index contributed by atoms with van der Waals surface area (Å²) < 4.78 is 0. The summed E-state index contributed by atoms with van der Waals surface area (Å²) in [6, 6.07) is 6.47. The number of benzene rings is 1. The highest BCUT2D eigenvalue weighted by molar-refractivity contribution is 7.99. The van der Waals surface area contributed by atoms with Gasteiger partial charge in [0.2, 0.25) is 0 Å². The molecule has 0 aliphatic carbocycles. The van der Waals surface area contributed by atoms with Crippen molar-refractivity contribution in [1.29, 1.82) is 0 Å². The van der Waals surface area contributed by atoms with Gasteiger partial charge in [-0.3, -0.25) is 9.98 Å². The summed E-state index contributed by atoms with van der Waals surface area (Å²) in [6.45, 7) is 14.7. The van der Waals surface area contributed by atoms with Crippen molar-refractivity contribution in [1.82, 2.24) is 0 Å². The van der Waals surface area contributed by atoms with E-state index in [9.17, 15) is 0 Å². The van der Waals surface area contributed by atoms with E-state index in [0.29, 0.717) is 17.3 Å². The van der Waals surface area contributed by atoms with Gasteiger partial charge in [0.15, 0.2) is 0 Å². The van der Waals surface area contributed by atoms with E-state index in [0.717, 1.165) is 37.6 Å². The predicted octanol–water partition coefficient (Wildman–Crippen LogP) is 6.76. The molecule has 1 aromatic rings. The molecule has 3 heterocycles. The lowest BCUT2D eigenvalue weighted by molar-refractivity contribution is 0.292. The Morgan fingerprint density at radius 1 is 1.18 bits per heavy atom. The molecule has 176 valence electrons. The minimum Gasteiger partial charge on any atom is -0.284 e. The summed E-state index contributed by atoms with van der Waals surface area (Å²) >= 11 is 2.10. The lowest BCUT2D eigenvalue weighted by Gasteiger charge is -2.34. The summed E-state index contributed by atoms with van der Waals surface area (Å²) in [7, 11) is 0. The Morgan fingerprint density at radius 2 is 1.97 bits per heavy atom. The highest BCUT2D eigenvalue weighted by Crippen LogP contribution is 2.41. The molecule has 0 aromatic heterocycles. The van der Waals surface area contributed by atoms with Gasteiger partial charge in [-0.05, 0) is 90.6 Å². The first kappa shape index (κ1) is 24.3. The Labute approximate surface area is 204 Å². The zero-order valence-electron chi connectivity index (χ0n) is 21.0. The number of hydrogen-bond acceptors (Lipinski definition) is 3. The molecule has 1 saturated heterocycles. The SMILES string of the molecule is C=C(CC1=N/C(CC2(C)CCSCC2)=C(C)/C=C\C(C)CC1)c1cccc2c1=CC(C)CN=2. The Bertz CT molecular complexity index is 1100. The fraction of sp³-hybridized carbons (Fsp3) is 0.533. The standard InChI is InChI=1S/C30H40N2S/c1-21-9-11-23(3)29(19-30(5)13-15-33-16-14-30)32-25(12-10-21)18-24(4)26-7-6-8-28-27(26)17-22(2)20-31-28/h6-9,11,17,21-22H,4,10,12-16,18-20H2,1-3,5H3/b11-9-,29-23+,32-25?. The van der Waals surface area contributed by atoms with E-state index in [-0.39, 0.29) is 0 Å². The average Bonchev–Trinajstić information content (AvgIpc) is 2.85. The molecule has 4 rings (SSSR count). The molecule has 0 N–H and O–H groups in total. The molecule has 3 heteroatoms. The van der Waals surface area contributed by atoms with Crippen LogP contribution in [-0.2, 0) is 0 Å². The van der Waals surface area contributed by atoms with Crippen LogP contribution in [0.4, 0.5) is 0 Å². The number of nitrogens with zero attached hydrogens (tertiary/aromatic N) is 2. The van der Waals surface area contributed by atoms with Crippen molar-refractivity contribution in [2.24, 2.45) is 27.2 Å². The summed E-state index contributed by atoms with van der Waals surface area (Å²) in [5.41, 5.74) is 6.70. The summed E-state index contributed by atoms with van der Waals surface area (Å²) in [6.07, 6.45) is 13.8. The van der Waals surface area contributed by atoms with Crippen molar-refractivity contribution < 1.29 is 0 Å². The molecule has 0 spiro atoms. The van der Waals surface area contributed by atoms with Crippen molar-refractivity contribution in [3.05, 3.63) is 64.3 Å². The smallest absolute Gasteiger partial charge is 0.0649 e. The van der Waals surface area contributed by atoms with Gasteiger partial charge in [-0.15, -0.1) is 0 Å². The summed E-state index contributed by atoms with van der Waals surface area (Å²) in [5.74, 6) is 3.61. The summed E-state index contributed by atoms with van der Waals surface area (Å²) in [4.78, 5) is 10.2. The second kappa shape index (κ2) is 10.6. The Balaban J connectivity index is 1.65. The van der Waals surface area contributed by atoms with E-state index in [2.05, 4.69) is 82.5 Å². The van der Waals surface area contributed by atoms with E-state index in [1.165, 1.54) is 57.7 Å². The Morgan fingerprint density at radius 3 is 2.76 bits per heavy atom. The quantitative estimate of drug-likeness (QED) is 0.476. The largest absolute Gasteiger partial charge is 0.284 e. The third-order valence-corrected chi connectivity index (χ3v) is 8.47. The van der Waals surface area contributed by atoms with Crippen LogP contribution in [0.5, 0.6) is 0 Å². The molecule has 0 radical (unpaired) electrons. The first-order chi connectivity index (χ1) is 15.8. The van der Waals surface area contributed by atoms with Gasteiger partial charge in [-0.2, -0.15) is 11.8 Å². The molecule has 1 aromatic carbocycles. The molecule has 0 bridgehead atoms. The third-order valence-electron chi connectivity index (χ3n) is 7.49. The molecule has 33 heavy (non-hydrogen) atoms. The summed E-state index contributed by atoms with van der Waals surface area (Å²) in [5, 5.41) is 2.37. The molecular formula is C30H40N2S. The first-order valence-corrected chi connectivity index (χ1v) is 13.8. The molecule has 2 nitrogen and oxygen atoms in total. The molecular weight excluding hydrogens is 420 g/mol. The number of aliphatic imine (C=N–C) groups is 1. The van der Waals surface area contributed by atoms with Crippen molar-refractivity contribution >= 4 is 29.1 Å². The predicted molar refractivity (Wildman–Crippen MR) is 146 cm³/mol.